The van der Waals surface area contributed by atoms with Crippen LogP contribution in [0.25, 0.3) is 10.8 Å². The molecule has 0 aliphatic heterocycles. The second-order valence-corrected chi connectivity index (χ2v) is 3.87. The van der Waals surface area contributed by atoms with Crippen LogP contribution in [0.1, 0.15) is 5.56 Å². The number of rotatable bonds is 3. The zero-order valence-electron chi connectivity index (χ0n) is 8.10. The minimum Gasteiger partial charge on any atom is -0.691 e. The first-order valence-corrected chi connectivity index (χ1v) is 5.18. The van der Waals surface area contributed by atoms with Gasteiger partial charge in [-0.2, -0.15) is 4.33 Å². The molecule has 2 aromatic rings. The first-order chi connectivity index (χ1) is 7.33. The Bertz CT molecular complexity index is 470. The van der Waals surface area contributed by atoms with Crippen LogP contribution in [0, 0.1) is 6.92 Å². The first kappa shape index (κ1) is 10.4. The Kier molecular flexibility index (Phi) is 3.23. The molecular weight excluding hydrogens is 212 g/mol. The highest BCUT2D eigenvalue weighted by Crippen LogP contribution is 2.29. The Hall–Kier alpha value is -1.07. The summed E-state index contributed by atoms with van der Waals surface area (Å²) in [5.74, 6) is 0. The molecule has 0 N–H and O–H groups in total. The zero-order valence-corrected chi connectivity index (χ0v) is 8.91. The van der Waals surface area contributed by atoms with Gasteiger partial charge in [0, 0.05) is 4.90 Å². The molecule has 0 bridgehead atoms. The van der Waals surface area contributed by atoms with E-state index in [1.165, 1.54) is 5.39 Å². The number of aryl methyl sites for hydroxylation is 1. The molecule has 0 aromatic heterocycles. The van der Waals surface area contributed by atoms with Gasteiger partial charge in [0.15, 0.2) is 0 Å². The van der Waals surface area contributed by atoms with Crippen LogP contribution in [-0.2, 0) is 9.37 Å². The van der Waals surface area contributed by atoms with Crippen LogP contribution in [0.4, 0.5) is 0 Å². The lowest BCUT2D eigenvalue weighted by molar-refractivity contribution is -0.777. The number of hydrogen-bond donors (Lipinski definition) is 0. The van der Waals surface area contributed by atoms with Gasteiger partial charge in [0.2, 0.25) is 0 Å². The van der Waals surface area contributed by atoms with E-state index in [0.29, 0.717) is 0 Å². The molecular formula is C11H9O3S-. The molecule has 0 saturated carbocycles. The Morgan fingerprint density at radius 1 is 1.13 bits per heavy atom. The number of hydrogen-bond acceptors (Lipinski definition) is 4. The third-order valence-electron chi connectivity index (χ3n) is 2.30. The molecule has 0 radical (unpaired) electrons. The SMILES string of the molecule is Cc1c(SOO[O-])ccc2ccccc12. The predicted molar refractivity (Wildman–Crippen MR) is 56.7 cm³/mol. The largest absolute Gasteiger partial charge is 0.691 e. The fourth-order valence-electron chi connectivity index (χ4n) is 1.55. The monoisotopic (exact) mass is 221 g/mol. The van der Waals surface area contributed by atoms with E-state index in [0.717, 1.165) is 27.9 Å². The van der Waals surface area contributed by atoms with Crippen molar-refractivity contribution in [3.63, 3.8) is 0 Å². The minimum absolute atomic E-state index is 0.879. The molecule has 0 amide bonds. The van der Waals surface area contributed by atoms with Gasteiger partial charge in [-0.25, -0.2) is 0 Å². The number of benzene rings is 2. The summed E-state index contributed by atoms with van der Waals surface area (Å²) in [5.41, 5.74) is 1.08. The lowest BCUT2D eigenvalue weighted by atomic mass is 10.1. The Balaban J connectivity index is 2.45. The van der Waals surface area contributed by atoms with E-state index in [1.807, 2.05) is 43.3 Å². The molecule has 0 heterocycles. The Morgan fingerprint density at radius 3 is 2.73 bits per heavy atom. The summed E-state index contributed by atoms with van der Waals surface area (Å²) >= 11 is 0.927. The van der Waals surface area contributed by atoms with Crippen LogP contribution < -0.4 is 5.26 Å². The second-order valence-electron chi connectivity index (χ2n) is 3.13. The molecule has 2 aromatic carbocycles. The molecule has 78 valence electrons. The van der Waals surface area contributed by atoms with E-state index in [-0.39, 0.29) is 0 Å². The second kappa shape index (κ2) is 4.63. The zero-order chi connectivity index (χ0) is 10.7. The Morgan fingerprint density at radius 2 is 1.93 bits per heavy atom. The fraction of sp³-hybridized carbons (Fsp3) is 0.0909. The van der Waals surface area contributed by atoms with E-state index >= 15 is 0 Å². The summed E-state index contributed by atoms with van der Waals surface area (Å²) in [6.07, 6.45) is 0. The highest BCUT2D eigenvalue weighted by atomic mass is 32.2. The van der Waals surface area contributed by atoms with E-state index < -0.39 is 0 Å². The van der Waals surface area contributed by atoms with Crippen LogP contribution >= 0.6 is 12.0 Å². The highest BCUT2D eigenvalue weighted by Gasteiger charge is 2.03. The van der Waals surface area contributed by atoms with Gasteiger partial charge in [0.1, 0.15) is 0 Å². The van der Waals surface area contributed by atoms with Crippen molar-refractivity contribution in [1.82, 2.24) is 0 Å². The average molecular weight is 221 g/mol. The summed E-state index contributed by atoms with van der Waals surface area (Å²) in [6.45, 7) is 1.98. The molecule has 0 aliphatic rings. The van der Waals surface area contributed by atoms with Crippen LogP contribution in [0.15, 0.2) is 41.3 Å². The van der Waals surface area contributed by atoms with Crippen molar-refractivity contribution in [2.24, 2.45) is 0 Å². The van der Waals surface area contributed by atoms with E-state index in [9.17, 15) is 5.26 Å². The van der Waals surface area contributed by atoms with Crippen molar-refractivity contribution in [2.45, 2.75) is 11.8 Å². The molecule has 0 aliphatic carbocycles. The quantitative estimate of drug-likeness (QED) is 0.453. The molecule has 0 saturated heterocycles. The third-order valence-corrected chi connectivity index (χ3v) is 3.05. The fourth-order valence-corrected chi connectivity index (χ4v) is 2.01. The van der Waals surface area contributed by atoms with Crippen molar-refractivity contribution >= 4 is 22.8 Å². The van der Waals surface area contributed by atoms with Gasteiger partial charge in [0.05, 0.1) is 12.0 Å². The van der Waals surface area contributed by atoms with Crippen LogP contribution in [0.2, 0.25) is 0 Å². The normalized spacial score (nSPS) is 10.8. The Labute approximate surface area is 91.7 Å². The molecule has 0 unspecified atom stereocenters. The summed E-state index contributed by atoms with van der Waals surface area (Å²) in [7, 11) is 0. The van der Waals surface area contributed by atoms with Crippen molar-refractivity contribution in [1.29, 1.82) is 0 Å². The molecule has 0 fully saturated rings. The molecule has 2 rings (SSSR count). The smallest absolute Gasteiger partial charge is 0.0677 e. The van der Waals surface area contributed by atoms with Crippen molar-refractivity contribution < 1.29 is 14.6 Å². The van der Waals surface area contributed by atoms with Crippen LogP contribution in [0.3, 0.4) is 0 Å². The lowest BCUT2D eigenvalue weighted by Crippen LogP contribution is -2.01. The van der Waals surface area contributed by atoms with Gasteiger partial charge in [-0.05, 0) is 29.3 Å². The van der Waals surface area contributed by atoms with E-state index in [2.05, 4.69) is 9.37 Å². The molecule has 15 heavy (non-hydrogen) atoms. The average Bonchev–Trinajstić information content (AvgIpc) is 2.29. The van der Waals surface area contributed by atoms with Gasteiger partial charge in [-0.3, -0.25) is 5.04 Å². The molecule has 0 atom stereocenters. The maximum absolute atomic E-state index is 9.74. The molecule has 4 heteroatoms. The lowest BCUT2D eigenvalue weighted by Gasteiger charge is -2.09. The van der Waals surface area contributed by atoms with Crippen LogP contribution in [-0.4, -0.2) is 0 Å². The van der Waals surface area contributed by atoms with E-state index in [4.69, 9.17) is 0 Å². The summed E-state index contributed by atoms with van der Waals surface area (Å²) in [4.78, 5) is 0.879. The van der Waals surface area contributed by atoms with Gasteiger partial charge < -0.3 is 5.26 Å². The van der Waals surface area contributed by atoms with Crippen LogP contribution in [0.5, 0.6) is 0 Å². The van der Waals surface area contributed by atoms with Gasteiger partial charge in [0.25, 0.3) is 0 Å². The third kappa shape index (κ3) is 2.13. The minimum atomic E-state index is 0.879. The molecule has 0 spiro atoms. The van der Waals surface area contributed by atoms with Crippen molar-refractivity contribution in [2.75, 3.05) is 0 Å². The van der Waals surface area contributed by atoms with Gasteiger partial charge in [-0.1, -0.05) is 30.3 Å². The first-order valence-electron chi connectivity index (χ1n) is 4.44. The highest BCUT2D eigenvalue weighted by molar-refractivity contribution is 7.94. The van der Waals surface area contributed by atoms with Crippen molar-refractivity contribution in [3.05, 3.63) is 42.0 Å². The maximum Gasteiger partial charge on any atom is 0.0677 e. The topological polar surface area (TPSA) is 41.5 Å². The van der Waals surface area contributed by atoms with Gasteiger partial charge >= 0.3 is 0 Å². The van der Waals surface area contributed by atoms with E-state index in [1.54, 1.807) is 0 Å². The molecule has 3 nitrogen and oxygen atoms in total. The number of fused-ring (bicyclic) bond motifs is 1. The van der Waals surface area contributed by atoms with Gasteiger partial charge in [-0.15, -0.1) is 0 Å². The maximum atomic E-state index is 9.74. The predicted octanol–water partition coefficient (Wildman–Crippen LogP) is 2.38. The summed E-state index contributed by atoms with van der Waals surface area (Å²) in [5, 5.41) is 15.4. The standard InChI is InChI=1S/C11H10O3S/c1-8-10-5-3-2-4-9(10)6-7-11(8)15-14-13-12/h2-7,12H,1H3/p-1. The van der Waals surface area contributed by atoms with Crippen molar-refractivity contribution in [3.8, 4) is 0 Å². The summed E-state index contributed by atoms with van der Waals surface area (Å²) < 4.78 is 4.31. The summed E-state index contributed by atoms with van der Waals surface area (Å²) in [6, 6.07) is 11.9.